The maximum Gasteiger partial charge on any atom is 0.490 e. The van der Waals surface area contributed by atoms with E-state index in [1.54, 1.807) is 27.7 Å². The minimum Gasteiger partial charge on any atom is -0.387 e. The van der Waals surface area contributed by atoms with Crippen LogP contribution in [0.3, 0.4) is 0 Å². The fourth-order valence-corrected chi connectivity index (χ4v) is 8.40. The Hall–Kier alpha value is -1.64. The second-order valence-electron chi connectivity index (χ2n) is 11.3. The number of nitrogens with zero attached hydrogens (tertiary/aromatic N) is 5. The maximum absolute atomic E-state index is 12.8. The molecule has 1 radical (unpaired) electrons. The number of fused-ring (bicyclic) bond motifs is 1. The van der Waals surface area contributed by atoms with Crippen LogP contribution >= 0.6 is 23.5 Å². The quantitative estimate of drug-likeness (QED) is 0.155. The van der Waals surface area contributed by atoms with E-state index in [1.807, 2.05) is 0 Å². The van der Waals surface area contributed by atoms with Crippen LogP contribution in [-0.4, -0.2) is 96.4 Å². The van der Waals surface area contributed by atoms with Gasteiger partial charge in [0.05, 0.1) is 6.61 Å². The molecule has 2 aliphatic rings. The number of nitrogens with one attached hydrogen (secondary N) is 1. The molecule has 43 heavy (non-hydrogen) atoms. The Bertz CT molecular complexity index is 1480. The Morgan fingerprint density at radius 3 is 2.21 bits per heavy atom. The number of anilines is 2. The first-order chi connectivity index (χ1) is 19.5. The summed E-state index contributed by atoms with van der Waals surface area (Å²) in [6.45, 7) is 6.17. The SMILES string of the molecule is CC1(C)CC(Nc2nc3c(N)ncnc3n2[C@@H]2O[C@H](COP(=O)(O)OP(=O)(O)OP(=O)(O)O)[C@@H](O)[C@H]2O)CC(C)(C)N1[O]. The van der Waals surface area contributed by atoms with Crippen molar-refractivity contribution in [3.63, 3.8) is 0 Å². The molecule has 2 unspecified atom stereocenters. The van der Waals surface area contributed by atoms with Crippen LogP contribution in [0.4, 0.5) is 11.8 Å². The monoisotopic (exact) mass is 676 g/mol. The first-order valence-electron chi connectivity index (χ1n) is 12.5. The van der Waals surface area contributed by atoms with Gasteiger partial charge in [-0.05, 0) is 40.5 Å². The number of phosphoric ester groups is 1. The Labute approximate surface area is 244 Å². The lowest BCUT2D eigenvalue weighted by Gasteiger charge is -2.50. The minimum atomic E-state index is -5.78. The number of hydrogen-bond acceptors (Lipinski definition) is 15. The number of hydroxylamine groups is 2. The summed E-state index contributed by atoms with van der Waals surface area (Å²) in [6, 6.07) is -0.315. The van der Waals surface area contributed by atoms with Crippen molar-refractivity contribution in [2.45, 2.75) is 82.2 Å². The summed E-state index contributed by atoms with van der Waals surface area (Å²) in [7, 11) is -16.9. The highest BCUT2D eigenvalue weighted by atomic mass is 31.3. The lowest BCUT2D eigenvalue weighted by molar-refractivity contribution is -0.288. The Kier molecular flexibility index (Phi) is 9.25. The predicted molar refractivity (Wildman–Crippen MR) is 143 cm³/mol. The molecule has 243 valence electrons. The smallest absolute Gasteiger partial charge is 0.387 e. The first-order valence-corrected chi connectivity index (χ1v) is 17.1. The number of nitrogen functional groups attached to an aromatic ring is 1. The molecule has 0 aromatic carbocycles. The molecule has 2 aromatic rings. The molecular formula is C19H33N7O14P3. The van der Waals surface area contributed by atoms with E-state index in [1.165, 1.54) is 4.57 Å². The van der Waals surface area contributed by atoms with Gasteiger partial charge in [-0.2, -0.15) is 8.62 Å². The fourth-order valence-electron chi connectivity index (χ4n) is 5.37. The maximum atomic E-state index is 12.8. The van der Waals surface area contributed by atoms with Gasteiger partial charge in [0.15, 0.2) is 23.2 Å². The first kappa shape index (κ1) is 34.2. The molecular weight excluding hydrogens is 643 g/mol. The second kappa shape index (κ2) is 11.6. The molecule has 2 saturated heterocycles. The van der Waals surface area contributed by atoms with Gasteiger partial charge in [0, 0.05) is 17.1 Å². The van der Waals surface area contributed by atoms with E-state index in [0.29, 0.717) is 12.8 Å². The Morgan fingerprint density at radius 1 is 1.02 bits per heavy atom. The number of rotatable bonds is 10. The van der Waals surface area contributed by atoms with E-state index in [9.17, 15) is 38.9 Å². The standard InChI is InChI=1S/C19H33N7O14P3/c1-18(2)5-9(6-19(3,4)26(18)29)23-17-24-11-14(20)21-8-22-15(11)25(17)16-13(28)12(27)10(38-16)7-37-42(33,34)40-43(35,36)39-41(30,31)32/h8-10,12-13,16,27-28H,5-7H2,1-4H3,(H,23,24)(H,33,34)(H,35,36)(H2,20,21,22)(H2,30,31,32)/t10-,12-,13-,16-/m1/s1. The third kappa shape index (κ3) is 7.61. The third-order valence-corrected chi connectivity index (χ3v) is 10.6. The lowest BCUT2D eigenvalue weighted by atomic mass is 9.79. The highest BCUT2D eigenvalue weighted by molar-refractivity contribution is 7.66. The normalized spacial score (nSPS) is 29.4. The van der Waals surface area contributed by atoms with Crippen molar-refractivity contribution < 1.29 is 66.6 Å². The van der Waals surface area contributed by atoms with Gasteiger partial charge < -0.3 is 45.6 Å². The van der Waals surface area contributed by atoms with Gasteiger partial charge in [0.2, 0.25) is 5.95 Å². The average molecular weight is 676 g/mol. The molecule has 0 amide bonds. The van der Waals surface area contributed by atoms with E-state index in [2.05, 4.69) is 33.4 Å². The molecule has 2 aliphatic heterocycles. The van der Waals surface area contributed by atoms with Crippen LogP contribution in [-0.2, 0) is 36.8 Å². The van der Waals surface area contributed by atoms with Gasteiger partial charge in [0.25, 0.3) is 0 Å². The Balaban J connectivity index is 1.58. The number of hydrogen-bond donors (Lipinski definition) is 8. The van der Waals surface area contributed by atoms with Crippen LogP contribution in [0.2, 0.25) is 0 Å². The summed E-state index contributed by atoms with van der Waals surface area (Å²) in [4.78, 5) is 49.0. The predicted octanol–water partition coefficient (Wildman–Crippen LogP) is 0.150. The van der Waals surface area contributed by atoms with Gasteiger partial charge in [-0.25, -0.2) is 28.6 Å². The molecule has 24 heteroatoms. The molecule has 2 aromatic heterocycles. The number of nitrogens with two attached hydrogens (primary N) is 1. The number of piperidine rings is 1. The number of aliphatic hydroxyl groups is 2. The Morgan fingerprint density at radius 2 is 1.63 bits per heavy atom. The average Bonchev–Trinajstić information content (AvgIpc) is 3.31. The zero-order chi connectivity index (χ0) is 32.3. The van der Waals surface area contributed by atoms with Gasteiger partial charge in [-0.3, -0.25) is 9.09 Å². The van der Waals surface area contributed by atoms with Crippen molar-refractivity contribution in [2.75, 3.05) is 17.7 Å². The zero-order valence-corrected chi connectivity index (χ0v) is 25.9. The summed E-state index contributed by atoms with van der Waals surface area (Å²) >= 11 is 0. The van der Waals surface area contributed by atoms with Gasteiger partial charge in [0.1, 0.15) is 24.6 Å². The van der Waals surface area contributed by atoms with Crippen molar-refractivity contribution in [1.29, 1.82) is 0 Å². The van der Waals surface area contributed by atoms with Crippen LogP contribution in [0.25, 0.3) is 11.2 Å². The number of aromatic nitrogens is 4. The summed E-state index contributed by atoms with van der Waals surface area (Å²) in [5.41, 5.74) is 4.68. The van der Waals surface area contributed by atoms with Gasteiger partial charge in [-0.1, -0.05) is 0 Å². The van der Waals surface area contributed by atoms with E-state index in [-0.39, 0.29) is 29.0 Å². The van der Waals surface area contributed by atoms with E-state index < -0.39 is 65.7 Å². The summed E-state index contributed by atoms with van der Waals surface area (Å²) in [5, 5.41) is 38.7. The van der Waals surface area contributed by atoms with Gasteiger partial charge in [-0.15, -0.1) is 10.3 Å². The summed E-state index contributed by atoms with van der Waals surface area (Å²) in [5.74, 6) is 0.0713. The van der Waals surface area contributed by atoms with E-state index in [4.69, 9.17) is 20.3 Å². The molecule has 0 aliphatic carbocycles. The lowest BCUT2D eigenvalue weighted by Crippen LogP contribution is -2.60. The van der Waals surface area contributed by atoms with Crippen molar-refractivity contribution in [2.24, 2.45) is 0 Å². The van der Waals surface area contributed by atoms with Gasteiger partial charge >= 0.3 is 23.5 Å². The molecule has 0 saturated carbocycles. The molecule has 0 spiro atoms. The number of ether oxygens (including phenoxy) is 1. The van der Waals surface area contributed by atoms with Crippen LogP contribution in [0.5, 0.6) is 0 Å². The third-order valence-electron chi connectivity index (χ3n) is 6.84. The van der Waals surface area contributed by atoms with Crippen molar-refractivity contribution in [1.82, 2.24) is 24.6 Å². The largest absolute Gasteiger partial charge is 0.490 e. The van der Waals surface area contributed by atoms with Crippen molar-refractivity contribution >= 4 is 46.4 Å². The molecule has 6 atom stereocenters. The van der Waals surface area contributed by atoms with Crippen LogP contribution in [0, 0.1) is 0 Å². The molecule has 2 fully saturated rings. The molecule has 4 heterocycles. The summed E-state index contributed by atoms with van der Waals surface area (Å²) in [6.07, 6.45) is -4.59. The van der Waals surface area contributed by atoms with E-state index >= 15 is 0 Å². The zero-order valence-electron chi connectivity index (χ0n) is 23.2. The molecule has 9 N–H and O–H groups in total. The fraction of sp³-hybridized carbons (Fsp3) is 0.737. The second-order valence-corrected chi connectivity index (χ2v) is 15.8. The number of aliphatic hydroxyl groups excluding tert-OH is 2. The number of imidazole rings is 1. The highest BCUT2D eigenvalue weighted by Crippen LogP contribution is 2.66. The molecule has 4 rings (SSSR count). The van der Waals surface area contributed by atoms with Crippen molar-refractivity contribution in [3.8, 4) is 0 Å². The summed E-state index contributed by atoms with van der Waals surface area (Å²) < 4.78 is 53.5. The van der Waals surface area contributed by atoms with Crippen molar-refractivity contribution in [3.05, 3.63) is 6.33 Å². The topological polar surface area (TPSA) is 314 Å². The van der Waals surface area contributed by atoms with Crippen LogP contribution in [0.15, 0.2) is 6.33 Å². The number of phosphoric acid groups is 3. The van der Waals surface area contributed by atoms with Crippen LogP contribution < -0.4 is 11.1 Å². The van der Waals surface area contributed by atoms with E-state index in [0.717, 1.165) is 11.4 Å². The molecule has 0 bridgehead atoms. The minimum absolute atomic E-state index is 0.0147. The molecule has 21 nitrogen and oxygen atoms in total. The van der Waals surface area contributed by atoms with Crippen LogP contribution in [0.1, 0.15) is 46.8 Å². The highest BCUT2D eigenvalue weighted by Gasteiger charge is 2.49.